The van der Waals surface area contributed by atoms with E-state index in [1.165, 1.54) is 7.11 Å². The third kappa shape index (κ3) is 2.55. The molecule has 1 aromatic rings. The fourth-order valence-corrected chi connectivity index (χ4v) is 4.05. The number of esters is 2. The number of hydrogen-bond acceptors (Lipinski definition) is 6. The number of benzene rings is 1. The van der Waals surface area contributed by atoms with Gasteiger partial charge in [0.25, 0.3) is 0 Å². The predicted octanol–water partition coefficient (Wildman–Crippen LogP) is 1.79. The molecule has 0 spiro atoms. The van der Waals surface area contributed by atoms with Crippen LogP contribution in [-0.4, -0.2) is 49.7 Å². The summed E-state index contributed by atoms with van der Waals surface area (Å²) in [7, 11) is 1.35. The number of para-hydroxylation sites is 1. The van der Waals surface area contributed by atoms with Crippen LogP contribution in [0.1, 0.15) is 25.5 Å². The first-order valence-corrected chi connectivity index (χ1v) is 8.35. The van der Waals surface area contributed by atoms with Gasteiger partial charge in [0.2, 0.25) is 0 Å². The van der Waals surface area contributed by atoms with Gasteiger partial charge in [0.15, 0.2) is 0 Å². The molecule has 6 heteroatoms. The van der Waals surface area contributed by atoms with Gasteiger partial charge in [-0.25, -0.2) is 0 Å². The molecule has 0 radical (unpaired) electrons. The van der Waals surface area contributed by atoms with Gasteiger partial charge in [-0.15, -0.1) is 0 Å². The fraction of sp³-hybridized carbons (Fsp3) is 0.556. The highest BCUT2D eigenvalue weighted by Gasteiger charge is 2.58. The minimum absolute atomic E-state index is 0.0570. The number of rotatable bonds is 4. The second-order valence-corrected chi connectivity index (χ2v) is 6.03. The first-order valence-electron chi connectivity index (χ1n) is 8.35. The molecule has 0 aromatic heterocycles. The Morgan fingerprint density at radius 2 is 2.00 bits per heavy atom. The summed E-state index contributed by atoms with van der Waals surface area (Å²) in [6.45, 7) is 5.05. The summed E-state index contributed by atoms with van der Waals surface area (Å²) in [4.78, 5) is 27.1. The van der Waals surface area contributed by atoms with Gasteiger partial charge in [-0.2, -0.15) is 0 Å². The average Bonchev–Trinajstić information content (AvgIpc) is 2.96. The summed E-state index contributed by atoms with van der Waals surface area (Å²) in [5, 5.41) is 0. The molecular formula is C18H23NO5. The predicted molar refractivity (Wildman–Crippen MR) is 86.5 cm³/mol. The highest BCUT2D eigenvalue weighted by molar-refractivity contribution is 5.86. The van der Waals surface area contributed by atoms with Crippen LogP contribution >= 0.6 is 0 Å². The minimum Gasteiger partial charge on any atom is -0.493 e. The standard InChI is InChI=1S/C18H23NO5/c1-4-19-15-11-8-6-7-9-13(11)24-10-12(15)14(17(20)22-3)16(19)18(21)23-5-2/h6-9,12,14-16H,4-5,10H2,1-3H3/t12-,14-,15-,16+/m0/s1. The van der Waals surface area contributed by atoms with Crippen LogP contribution in [0.2, 0.25) is 0 Å². The number of likely N-dealkylation sites (tertiary alicyclic amines) is 1. The second-order valence-electron chi connectivity index (χ2n) is 6.03. The van der Waals surface area contributed by atoms with E-state index in [-0.39, 0.29) is 30.5 Å². The summed E-state index contributed by atoms with van der Waals surface area (Å²) in [5.41, 5.74) is 1.01. The van der Waals surface area contributed by atoms with Crippen molar-refractivity contribution in [1.29, 1.82) is 0 Å². The van der Waals surface area contributed by atoms with E-state index in [0.29, 0.717) is 13.2 Å². The molecule has 1 aromatic carbocycles. The Morgan fingerprint density at radius 1 is 1.25 bits per heavy atom. The van der Waals surface area contributed by atoms with Crippen molar-refractivity contribution in [1.82, 2.24) is 4.90 Å². The molecule has 0 saturated carbocycles. The highest BCUT2D eigenvalue weighted by Crippen LogP contribution is 2.50. The molecule has 2 heterocycles. The smallest absolute Gasteiger partial charge is 0.324 e. The Labute approximate surface area is 141 Å². The lowest BCUT2D eigenvalue weighted by Gasteiger charge is -2.34. The third-order valence-electron chi connectivity index (χ3n) is 4.96. The molecule has 0 amide bonds. The minimum atomic E-state index is -0.646. The third-order valence-corrected chi connectivity index (χ3v) is 4.96. The number of methoxy groups -OCH3 is 1. The quantitative estimate of drug-likeness (QED) is 0.783. The Kier molecular flexibility index (Phi) is 4.76. The van der Waals surface area contributed by atoms with Crippen molar-refractivity contribution in [3.05, 3.63) is 29.8 Å². The highest BCUT2D eigenvalue weighted by atomic mass is 16.5. The van der Waals surface area contributed by atoms with Crippen LogP contribution in [0.5, 0.6) is 5.75 Å². The van der Waals surface area contributed by atoms with Crippen molar-refractivity contribution in [2.45, 2.75) is 25.9 Å². The first-order chi connectivity index (χ1) is 11.6. The number of ether oxygens (including phenoxy) is 3. The monoisotopic (exact) mass is 333 g/mol. The van der Waals surface area contributed by atoms with E-state index in [1.807, 2.05) is 36.1 Å². The van der Waals surface area contributed by atoms with E-state index in [4.69, 9.17) is 14.2 Å². The van der Waals surface area contributed by atoms with Gasteiger partial charge >= 0.3 is 11.9 Å². The maximum Gasteiger partial charge on any atom is 0.324 e. The van der Waals surface area contributed by atoms with Crippen molar-refractivity contribution in [2.75, 3.05) is 26.9 Å². The lowest BCUT2D eigenvalue weighted by molar-refractivity contribution is -0.158. The molecule has 24 heavy (non-hydrogen) atoms. The number of hydrogen-bond donors (Lipinski definition) is 0. The normalized spacial score (nSPS) is 28.5. The van der Waals surface area contributed by atoms with Crippen LogP contribution in [0.25, 0.3) is 0 Å². The van der Waals surface area contributed by atoms with Gasteiger partial charge in [0, 0.05) is 17.5 Å². The summed E-state index contributed by atoms with van der Waals surface area (Å²) >= 11 is 0. The number of carbonyl (C=O) groups is 2. The number of carbonyl (C=O) groups excluding carboxylic acids is 2. The lowest BCUT2D eigenvalue weighted by Crippen LogP contribution is -2.44. The van der Waals surface area contributed by atoms with Crippen molar-refractivity contribution in [2.24, 2.45) is 11.8 Å². The molecule has 2 aliphatic rings. The maximum absolute atomic E-state index is 12.6. The topological polar surface area (TPSA) is 65.1 Å². The Hall–Kier alpha value is -2.08. The Morgan fingerprint density at radius 3 is 2.67 bits per heavy atom. The molecule has 1 fully saturated rings. The van der Waals surface area contributed by atoms with Crippen LogP contribution < -0.4 is 4.74 Å². The molecule has 6 nitrogen and oxygen atoms in total. The van der Waals surface area contributed by atoms with E-state index >= 15 is 0 Å². The zero-order chi connectivity index (χ0) is 17.3. The van der Waals surface area contributed by atoms with Gasteiger partial charge in [-0.05, 0) is 19.5 Å². The molecular weight excluding hydrogens is 310 g/mol. The average molecular weight is 333 g/mol. The molecule has 3 rings (SSSR count). The molecule has 1 saturated heterocycles. The fourth-order valence-electron chi connectivity index (χ4n) is 4.05. The van der Waals surface area contributed by atoms with E-state index in [9.17, 15) is 9.59 Å². The second kappa shape index (κ2) is 6.81. The van der Waals surface area contributed by atoms with Gasteiger partial charge in [-0.1, -0.05) is 25.1 Å². The van der Waals surface area contributed by atoms with Crippen LogP contribution in [0.15, 0.2) is 24.3 Å². The summed E-state index contributed by atoms with van der Waals surface area (Å²) in [6, 6.07) is 7.08. The Bertz CT molecular complexity index is 632. The van der Waals surface area contributed by atoms with Crippen LogP contribution in [0.4, 0.5) is 0 Å². The summed E-state index contributed by atoms with van der Waals surface area (Å²) in [5.74, 6) is -0.678. The van der Waals surface area contributed by atoms with Crippen molar-refractivity contribution < 1.29 is 23.8 Å². The molecule has 0 aliphatic carbocycles. The molecule has 0 N–H and O–H groups in total. The van der Waals surface area contributed by atoms with Gasteiger partial charge in [-0.3, -0.25) is 14.5 Å². The van der Waals surface area contributed by atoms with Crippen LogP contribution in [0, 0.1) is 11.8 Å². The number of nitrogens with zero attached hydrogens (tertiary/aromatic N) is 1. The zero-order valence-electron chi connectivity index (χ0n) is 14.2. The molecule has 4 atom stereocenters. The number of fused-ring (bicyclic) bond motifs is 3. The van der Waals surface area contributed by atoms with Gasteiger partial charge in [0.05, 0.1) is 26.2 Å². The molecule has 2 aliphatic heterocycles. The summed E-state index contributed by atoms with van der Waals surface area (Å²) in [6.07, 6.45) is 0. The lowest BCUT2D eigenvalue weighted by atomic mass is 9.83. The Balaban J connectivity index is 2.06. The van der Waals surface area contributed by atoms with Crippen LogP contribution in [0.3, 0.4) is 0 Å². The van der Waals surface area contributed by atoms with Crippen molar-refractivity contribution in [3.63, 3.8) is 0 Å². The van der Waals surface area contributed by atoms with Gasteiger partial charge in [0.1, 0.15) is 11.8 Å². The molecule has 0 unspecified atom stereocenters. The maximum atomic E-state index is 12.6. The van der Waals surface area contributed by atoms with E-state index < -0.39 is 12.0 Å². The molecule has 0 bridgehead atoms. The van der Waals surface area contributed by atoms with Gasteiger partial charge < -0.3 is 14.2 Å². The van der Waals surface area contributed by atoms with Crippen LogP contribution in [-0.2, 0) is 19.1 Å². The van der Waals surface area contributed by atoms with E-state index in [1.54, 1.807) is 6.92 Å². The zero-order valence-corrected chi connectivity index (χ0v) is 14.2. The largest absolute Gasteiger partial charge is 0.493 e. The van der Waals surface area contributed by atoms with Crippen molar-refractivity contribution in [3.8, 4) is 5.75 Å². The summed E-state index contributed by atoms with van der Waals surface area (Å²) < 4.78 is 16.1. The number of likely N-dealkylation sites (N-methyl/N-ethyl adjacent to an activating group) is 1. The molecule has 130 valence electrons. The van der Waals surface area contributed by atoms with E-state index in [2.05, 4.69) is 0 Å². The van der Waals surface area contributed by atoms with Crippen molar-refractivity contribution >= 4 is 11.9 Å². The first kappa shape index (κ1) is 16.8. The van der Waals surface area contributed by atoms with E-state index in [0.717, 1.165) is 11.3 Å². The SMILES string of the molecule is CCOC(=O)[C@H]1[C@@H](C(=O)OC)[C@@H]2COc3ccccc3[C@@H]2N1CC.